The molecule has 0 N–H and O–H groups in total. The molecule has 1 aromatic rings. The zero-order valence-corrected chi connectivity index (χ0v) is 11.8. The highest BCUT2D eigenvalue weighted by atomic mass is 19.4. The van der Waals surface area contributed by atoms with Gasteiger partial charge in [-0.25, -0.2) is 4.98 Å². The smallest absolute Gasteiger partial charge is 0.354 e. The van der Waals surface area contributed by atoms with Gasteiger partial charge in [-0.3, -0.25) is 0 Å². The first kappa shape index (κ1) is 16.8. The van der Waals surface area contributed by atoms with E-state index in [9.17, 15) is 13.2 Å². The van der Waals surface area contributed by atoms with E-state index in [1.165, 1.54) is 0 Å². The fourth-order valence-electron chi connectivity index (χ4n) is 1.84. The van der Waals surface area contributed by atoms with Crippen LogP contribution in [0.2, 0.25) is 0 Å². The fraction of sp³-hybridized carbons (Fsp3) is 0.500. The van der Waals surface area contributed by atoms with Gasteiger partial charge >= 0.3 is 6.18 Å². The van der Waals surface area contributed by atoms with Crippen molar-refractivity contribution in [3.8, 4) is 12.1 Å². The van der Waals surface area contributed by atoms with E-state index in [4.69, 9.17) is 10.5 Å². The Balaban J connectivity index is 3.27. The Morgan fingerprint density at radius 3 is 2.43 bits per heavy atom. The lowest BCUT2D eigenvalue weighted by Crippen LogP contribution is -2.30. The number of hydrogen-bond donors (Lipinski definition) is 0. The van der Waals surface area contributed by atoms with Crippen LogP contribution < -0.4 is 4.90 Å². The number of alkyl halides is 3. The molecular weight excluding hydrogens is 281 g/mol. The zero-order valence-electron chi connectivity index (χ0n) is 11.8. The van der Waals surface area contributed by atoms with Crippen LogP contribution >= 0.6 is 0 Å². The molecule has 0 radical (unpaired) electrons. The van der Waals surface area contributed by atoms with Crippen molar-refractivity contribution in [3.05, 3.63) is 23.4 Å². The highest BCUT2D eigenvalue weighted by Gasteiger charge is 2.33. The van der Waals surface area contributed by atoms with Crippen LogP contribution in [0.4, 0.5) is 19.0 Å². The van der Waals surface area contributed by atoms with E-state index in [1.807, 2.05) is 26.0 Å². The van der Waals surface area contributed by atoms with Crippen molar-refractivity contribution in [2.75, 3.05) is 18.0 Å². The van der Waals surface area contributed by atoms with E-state index < -0.39 is 11.9 Å². The van der Waals surface area contributed by atoms with Crippen molar-refractivity contribution in [1.82, 2.24) is 4.98 Å². The molecule has 112 valence electrons. The molecule has 0 fully saturated rings. The van der Waals surface area contributed by atoms with Crippen molar-refractivity contribution in [2.45, 2.75) is 26.4 Å². The van der Waals surface area contributed by atoms with Gasteiger partial charge in [-0.1, -0.05) is 13.8 Å². The minimum atomic E-state index is -4.57. The molecule has 0 spiro atoms. The summed E-state index contributed by atoms with van der Waals surface area (Å²) in [5.41, 5.74) is -0.969. The first-order valence-corrected chi connectivity index (χ1v) is 6.39. The van der Waals surface area contributed by atoms with E-state index in [2.05, 4.69) is 4.98 Å². The second kappa shape index (κ2) is 6.94. The predicted molar refractivity (Wildman–Crippen MR) is 71.2 cm³/mol. The number of halogens is 3. The molecule has 0 atom stereocenters. The van der Waals surface area contributed by atoms with Gasteiger partial charge in [-0.15, -0.1) is 0 Å². The normalized spacial score (nSPS) is 11.0. The van der Waals surface area contributed by atoms with Gasteiger partial charge in [-0.2, -0.15) is 23.7 Å². The summed E-state index contributed by atoms with van der Waals surface area (Å²) in [5.74, 6) is 0.142. The van der Waals surface area contributed by atoms with Gasteiger partial charge in [0.15, 0.2) is 0 Å². The van der Waals surface area contributed by atoms with Crippen LogP contribution in [0.5, 0.6) is 0 Å². The lowest BCUT2D eigenvalue weighted by atomic mass is 10.1. The number of anilines is 1. The van der Waals surface area contributed by atoms with Gasteiger partial charge < -0.3 is 4.90 Å². The number of nitrogens with zero attached hydrogens (tertiary/aromatic N) is 4. The van der Waals surface area contributed by atoms with Gasteiger partial charge in [0.05, 0.1) is 18.1 Å². The summed E-state index contributed by atoms with van der Waals surface area (Å²) >= 11 is 0. The predicted octanol–water partition coefficient (Wildman–Crippen LogP) is 3.35. The summed E-state index contributed by atoms with van der Waals surface area (Å²) in [7, 11) is 0. The maximum atomic E-state index is 12.8. The lowest BCUT2D eigenvalue weighted by Gasteiger charge is -2.26. The van der Waals surface area contributed by atoms with Crippen molar-refractivity contribution in [1.29, 1.82) is 10.5 Å². The monoisotopic (exact) mass is 296 g/mol. The fourth-order valence-corrected chi connectivity index (χ4v) is 1.84. The Hall–Kier alpha value is -2.28. The van der Waals surface area contributed by atoms with Crippen molar-refractivity contribution < 1.29 is 13.2 Å². The molecule has 0 saturated heterocycles. The Morgan fingerprint density at radius 2 is 1.95 bits per heavy atom. The first-order chi connectivity index (χ1) is 9.79. The Bertz CT molecular complexity index is 567. The Morgan fingerprint density at radius 1 is 1.29 bits per heavy atom. The number of hydrogen-bond acceptors (Lipinski definition) is 4. The molecule has 0 amide bonds. The molecule has 0 aliphatic rings. The van der Waals surface area contributed by atoms with Gasteiger partial charge in [0.1, 0.15) is 17.6 Å². The number of pyridine rings is 1. The quantitative estimate of drug-likeness (QED) is 0.836. The summed E-state index contributed by atoms with van der Waals surface area (Å²) in [6.07, 6.45) is -4.42. The van der Waals surface area contributed by atoms with Crippen LogP contribution in [0, 0.1) is 28.6 Å². The van der Waals surface area contributed by atoms with Gasteiger partial charge in [0, 0.05) is 13.1 Å². The van der Waals surface area contributed by atoms with Gasteiger partial charge in [0.25, 0.3) is 0 Å². The number of nitriles is 2. The largest absolute Gasteiger partial charge is 0.433 e. The van der Waals surface area contributed by atoms with Crippen LogP contribution in [0.1, 0.15) is 31.5 Å². The summed E-state index contributed by atoms with van der Waals surface area (Å²) in [5, 5.41) is 17.7. The third-order valence-corrected chi connectivity index (χ3v) is 2.66. The van der Waals surface area contributed by atoms with Crippen LogP contribution in [0.25, 0.3) is 0 Å². The van der Waals surface area contributed by atoms with E-state index in [-0.39, 0.29) is 30.3 Å². The third kappa shape index (κ3) is 4.64. The minimum Gasteiger partial charge on any atom is -0.354 e. The van der Waals surface area contributed by atoms with Gasteiger partial charge in [0.2, 0.25) is 0 Å². The SMILES string of the molecule is CC(C)CN(CCC#N)c1nc(C(F)(F)F)ccc1C#N. The molecule has 0 aromatic carbocycles. The molecule has 1 aromatic heterocycles. The van der Waals surface area contributed by atoms with E-state index in [0.29, 0.717) is 6.54 Å². The molecule has 21 heavy (non-hydrogen) atoms. The van der Waals surface area contributed by atoms with Gasteiger partial charge in [-0.05, 0) is 18.1 Å². The van der Waals surface area contributed by atoms with Crippen molar-refractivity contribution >= 4 is 5.82 Å². The molecule has 4 nitrogen and oxygen atoms in total. The van der Waals surface area contributed by atoms with Crippen LogP contribution in [0.15, 0.2) is 12.1 Å². The summed E-state index contributed by atoms with van der Waals surface area (Å²) in [6.45, 7) is 4.46. The van der Waals surface area contributed by atoms with E-state index in [0.717, 1.165) is 12.1 Å². The Kier molecular flexibility index (Phi) is 5.54. The molecule has 0 aliphatic carbocycles. The maximum absolute atomic E-state index is 12.8. The highest BCUT2D eigenvalue weighted by molar-refractivity contribution is 5.54. The lowest BCUT2D eigenvalue weighted by molar-refractivity contribution is -0.141. The third-order valence-electron chi connectivity index (χ3n) is 2.66. The van der Waals surface area contributed by atoms with Crippen molar-refractivity contribution in [3.63, 3.8) is 0 Å². The first-order valence-electron chi connectivity index (χ1n) is 6.39. The molecular formula is C14H15F3N4. The standard InChI is InChI=1S/C14H15F3N4/c1-10(2)9-21(7-3-6-18)13-11(8-19)4-5-12(20-13)14(15,16)17/h4-5,10H,3,7,9H2,1-2H3. The second-order valence-corrected chi connectivity index (χ2v) is 4.93. The highest BCUT2D eigenvalue weighted by Crippen LogP contribution is 2.30. The Labute approximate surface area is 121 Å². The molecule has 0 bridgehead atoms. The molecule has 0 saturated carbocycles. The average Bonchev–Trinajstić information content (AvgIpc) is 2.41. The van der Waals surface area contributed by atoms with Crippen molar-refractivity contribution in [2.24, 2.45) is 5.92 Å². The topological polar surface area (TPSA) is 63.7 Å². The van der Waals surface area contributed by atoms with E-state index in [1.54, 1.807) is 4.90 Å². The summed E-state index contributed by atoms with van der Waals surface area (Å²) in [6, 6.07) is 5.71. The maximum Gasteiger partial charge on any atom is 0.433 e. The van der Waals surface area contributed by atoms with Crippen LogP contribution in [-0.4, -0.2) is 18.1 Å². The number of aromatic nitrogens is 1. The number of rotatable bonds is 5. The second-order valence-electron chi connectivity index (χ2n) is 4.93. The molecule has 0 unspecified atom stereocenters. The van der Waals surface area contributed by atoms with Crippen LogP contribution in [-0.2, 0) is 6.18 Å². The average molecular weight is 296 g/mol. The van der Waals surface area contributed by atoms with E-state index >= 15 is 0 Å². The molecule has 0 aliphatic heterocycles. The zero-order chi connectivity index (χ0) is 16.0. The molecule has 7 heteroatoms. The summed E-state index contributed by atoms with van der Waals surface area (Å²) in [4.78, 5) is 5.15. The molecule has 1 heterocycles. The van der Waals surface area contributed by atoms with Crippen LogP contribution in [0.3, 0.4) is 0 Å². The summed E-state index contributed by atoms with van der Waals surface area (Å²) < 4.78 is 38.3. The molecule has 1 rings (SSSR count). The minimum absolute atomic E-state index is 0.0173.